The lowest BCUT2D eigenvalue weighted by Gasteiger charge is -2.07. The molecule has 0 aliphatic rings. The van der Waals surface area contributed by atoms with Gasteiger partial charge in [0.05, 0.1) is 27.6 Å². The van der Waals surface area contributed by atoms with Crippen LogP contribution in [0.5, 0.6) is 0 Å². The number of pyridine rings is 1. The van der Waals surface area contributed by atoms with E-state index in [1.165, 1.54) is 18.3 Å². The van der Waals surface area contributed by atoms with E-state index < -0.39 is 28.3 Å². The van der Waals surface area contributed by atoms with Gasteiger partial charge in [-0.3, -0.25) is 14.9 Å². The Hall–Kier alpha value is -2.85. The number of rotatable bonds is 4. The Morgan fingerprint density at radius 2 is 1.96 bits per heavy atom. The van der Waals surface area contributed by atoms with Crippen molar-refractivity contribution in [1.82, 2.24) is 9.38 Å². The topological polar surface area (TPSA) is 89.5 Å². The molecule has 0 spiro atoms. The number of hydrogen-bond donors (Lipinski definition) is 1. The Kier molecular flexibility index (Phi) is 5.18. The van der Waals surface area contributed by atoms with Gasteiger partial charge in [0.15, 0.2) is 5.65 Å². The van der Waals surface area contributed by atoms with Crippen molar-refractivity contribution in [2.45, 2.75) is 12.6 Å². The number of hydrogen-bond acceptors (Lipinski definition) is 4. The minimum absolute atomic E-state index is 0.0509. The van der Waals surface area contributed by atoms with E-state index in [4.69, 9.17) is 23.2 Å². The molecule has 0 radical (unpaired) electrons. The standard InChI is InChI=1S/C16H9Cl2F3N4O3/c17-9-1-2-12(13(4-9)25(27)28)23-14(26)5-10-7-24-6-8(16(19,20)21)3-11(18)15(24)22-10/h1-4,6-7H,5H2,(H,23,26). The number of aromatic nitrogens is 2. The number of imidazole rings is 1. The van der Waals surface area contributed by atoms with E-state index in [2.05, 4.69) is 10.3 Å². The highest BCUT2D eigenvalue weighted by Gasteiger charge is 2.32. The summed E-state index contributed by atoms with van der Waals surface area (Å²) < 4.78 is 39.7. The van der Waals surface area contributed by atoms with Gasteiger partial charge in [-0.25, -0.2) is 4.98 Å². The Morgan fingerprint density at radius 3 is 2.61 bits per heavy atom. The zero-order valence-electron chi connectivity index (χ0n) is 13.6. The van der Waals surface area contributed by atoms with Crippen LogP contribution in [0.15, 0.2) is 36.7 Å². The number of nitro groups is 1. The molecule has 3 rings (SSSR count). The third-order valence-electron chi connectivity index (χ3n) is 3.66. The first-order valence-corrected chi connectivity index (χ1v) is 8.28. The molecule has 0 bridgehead atoms. The second kappa shape index (κ2) is 7.28. The van der Waals surface area contributed by atoms with Gasteiger partial charge in [-0.1, -0.05) is 23.2 Å². The Balaban J connectivity index is 1.84. The number of carbonyl (C=O) groups is 1. The molecule has 0 fully saturated rings. The molecule has 0 saturated carbocycles. The summed E-state index contributed by atoms with van der Waals surface area (Å²) >= 11 is 11.6. The highest BCUT2D eigenvalue weighted by molar-refractivity contribution is 6.33. The largest absolute Gasteiger partial charge is 0.417 e. The van der Waals surface area contributed by atoms with E-state index in [1.54, 1.807) is 0 Å². The van der Waals surface area contributed by atoms with E-state index in [-0.39, 0.29) is 33.5 Å². The summed E-state index contributed by atoms with van der Waals surface area (Å²) in [6.07, 6.45) is -2.89. The average Bonchev–Trinajstić information content (AvgIpc) is 2.98. The molecule has 146 valence electrons. The van der Waals surface area contributed by atoms with Crippen LogP contribution in [0.25, 0.3) is 5.65 Å². The fourth-order valence-electron chi connectivity index (χ4n) is 2.47. The maximum absolute atomic E-state index is 12.9. The van der Waals surface area contributed by atoms with E-state index in [0.717, 1.165) is 22.7 Å². The fraction of sp³-hybridized carbons (Fsp3) is 0.125. The number of nitro benzene ring substituents is 1. The summed E-state index contributed by atoms with van der Waals surface area (Å²) in [5.41, 5.74) is -1.24. The predicted molar refractivity (Wildman–Crippen MR) is 95.6 cm³/mol. The van der Waals surface area contributed by atoms with Crippen LogP contribution in [-0.2, 0) is 17.4 Å². The van der Waals surface area contributed by atoms with Gasteiger partial charge in [-0.05, 0) is 18.2 Å². The first-order valence-electron chi connectivity index (χ1n) is 7.52. The minimum atomic E-state index is -4.59. The molecule has 1 aromatic carbocycles. The third kappa shape index (κ3) is 4.18. The van der Waals surface area contributed by atoms with Crippen LogP contribution in [0.1, 0.15) is 11.3 Å². The zero-order valence-corrected chi connectivity index (χ0v) is 15.1. The lowest BCUT2D eigenvalue weighted by molar-refractivity contribution is -0.383. The van der Waals surface area contributed by atoms with E-state index in [9.17, 15) is 28.1 Å². The van der Waals surface area contributed by atoms with Crippen molar-refractivity contribution in [1.29, 1.82) is 0 Å². The minimum Gasteiger partial charge on any atom is -0.320 e. The predicted octanol–water partition coefficient (Wildman–Crippen LogP) is 4.75. The molecular formula is C16H9Cl2F3N4O3. The molecule has 28 heavy (non-hydrogen) atoms. The summed E-state index contributed by atoms with van der Waals surface area (Å²) in [6, 6.07) is 4.47. The normalized spacial score (nSPS) is 11.6. The van der Waals surface area contributed by atoms with Crippen LogP contribution in [0.3, 0.4) is 0 Å². The lowest BCUT2D eigenvalue weighted by Crippen LogP contribution is -2.15. The molecule has 0 atom stereocenters. The number of amides is 1. The molecule has 0 aliphatic carbocycles. The maximum atomic E-state index is 12.9. The van der Waals surface area contributed by atoms with Crippen molar-refractivity contribution in [3.05, 3.63) is 68.1 Å². The van der Waals surface area contributed by atoms with Crippen LogP contribution in [0.2, 0.25) is 10.0 Å². The molecule has 1 N–H and O–H groups in total. The van der Waals surface area contributed by atoms with Gasteiger partial charge in [0.25, 0.3) is 5.69 Å². The van der Waals surface area contributed by atoms with Crippen LogP contribution < -0.4 is 5.32 Å². The monoisotopic (exact) mass is 432 g/mol. The van der Waals surface area contributed by atoms with Gasteiger partial charge < -0.3 is 9.72 Å². The van der Waals surface area contributed by atoms with Crippen molar-refractivity contribution in [3.63, 3.8) is 0 Å². The molecule has 7 nitrogen and oxygen atoms in total. The molecule has 0 saturated heterocycles. The Labute approximate surface area is 164 Å². The van der Waals surface area contributed by atoms with Crippen LogP contribution in [0.4, 0.5) is 24.5 Å². The number of nitrogens with zero attached hydrogens (tertiary/aromatic N) is 3. The van der Waals surface area contributed by atoms with E-state index in [1.807, 2.05) is 0 Å². The second-order valence-corrected chi connectivity index (χ2v) is 6.52. The summed E-state index contributed by atoms with van der Waals surface area (Å²) in [4.78, 5) is 26.6. The summed E-state index contributed by atoms with van der Waals surface area (Å²) in [7, 11) is 0. The van der Waals surface area contributed by atoms with Crippen molar-refractivity contribution in [3.8, 4) is 0 Å². The van der Waals surface area contributed by atoms with Gasteiger partial charge >= 0.3 is 6.18 Å². The van der Waals surface area contributed by atoms with E-state index in [0.29, 0.717) is 0 Å². The Bertz CT molecular complexity index is 1100. The molecular weight excluding hydrogens is 424 g/mol. The van der Waals surface area contributed by atoms with Gasteiger partial charge in [0.1, 0.15) is 5.69 Å². The molecule has 2 heterocycles. The quantitative estimate of drug-likeness (QED) is 0.475. The van der Waals surface area contributed by atoms with Gasteiger partial charge in [0, 0.05) is 23.5 Å². The first kappa shape index (κ1) is 19.9. The first-order chi connectivity index (χ1) is 13.0. The number of halogens is 5. The Morgan fingerprint density at radius 1 is 1.25 bits per heavy atom. The van der Waals surface area contributed by atoms with Crippen molar-refractivity contribution < 1.29 is 22.9 Å². The number of alkyl halides is 3. The number of fused-ring (bicyclic) bond motifs is 1. The van der Waals surface area contributed by atoms with Gasteiger partial charge in [-0.2, -0.15) is 13.2 Å². The van der Waals surface area contributed by atoms with Crippen molar-refractivity contribution in [2.24, 2.45) is 0 Å². The van der Waals surface area contributed by atoms with E-state index >= 15 is 0 Å². The molecule has 3 aromatic rings. The highest BCUT2D eigenvalue weighted by Crippen LogP contribution is 2.32. The van der Waals surface area contributed by atoms with Gasteiger partial charge in [-0.15, -0.1) is 0 Å². The summed E-state index contributed by atoms with van der Waals surface area (Å²) in [6.45, 7) is 0. The van der Waals surface area contributed by atoms with Gasteiger partial charge in [0.2, 0.25) is 5.91 Å². The average molecular weight is 433 g/mol. The smallest absolute Gasteiger partial charge is 0.320 e. The molecule has 12 heteroatoms. The number of carbonyl (C=O) groups excluding carboxylic acids is 1. The number of anilines is 1. The zero-order chi connectivity index (χ0) is 20.6. The third-order valence-corrected chi connectivity index (χ3v) is 4.17. The molecule has 2 aromatic heterocycles. The molecule has 0 unspecified atom stereocenters. The van der Waals surface area contributed by atoms with Crippen molar-refractivity contribution >= 4 is 46.1 Å². The van der Waals surface area contributed by atoms with Crippen molar-refractivity contribution in [2.75, 3.05) is 5.32 Å². The maximum Gasteiger partial charge on any atom is 0.417 e. The molecule has 0 aliphatic heterocycles. The molecule has 1 amide bonds. The second-order valence-electron chi connectivity index (χ2n) is 5.68. The lowest BCUT2D eigenvalue weighted by atomic mass is 10.2. The fourth-order valence-corrected chi connectivity index (χ4v) is 2.89. The van der Waals surface area contributed by atoms with Crippen LogP contribution in [-0.4, -0.2) is 20.2 Å². The summed E-state index contributed by atoms with van der Waals surface area (Å²) in [5.74, 6) is -0.652. The van der Waals surface area contributed by atoms with Crippen LogP contribution >= 0.6 is 23.2 Å². The number of benzene rings is 1. The van der Waals surface area contributed by atoms with Crippen LogP contribution in [0, 0.1) is 10.1 Å². The SMILES string of the molecule is O=C(Cc1cn2cc(C(F)(F)F)cc(Cl)c2n1)Nc1ccc(Cl)cc1[N+](=O)[O-]. The number of nitrogens with one attached hydrogen (secondary N) is 1. The highest BCUT2D eigenvalue weighted by atomic mass is 35.5. The summed E-state index contributed by atoms with van der Waals surface area (Å²) in [5, 5.41) is 13.3.